The summed E-state index contributed by atoms with van der Waals surface area (Å²) in [7, 11) is 0. The summed E-state index contributed by atoms with van der Waals surface area (Å²) in [5.74, 6) is 1.03. The Kier molecular flexibility index (Phi) is 3.83. The molecule has 1 fully saturated rings. The zero-order valence-electron chi connectivity index (χ0n) is 10.3. The van der Waals surface area contributed by atoms with Crippen molar-refractivity contribution in [3.63, 3.8) is 0 Å². The molecule has 1 N–H and O–H groups in total. The molecule has 1 aliphatic heterocycles. The maximum Gasteiger partial charge on any atom is 0.120 e. The van der Waals surface area contributed by atoms with Gasteiger partial charge in [0.05, 0.1) is 6.10 Å². The van der Waals surface area contributed by atoms with Crippen molar-refractivity contribution in [2.75, 3.05) is 13.1 Å². The summed E-state index contributed by atoms with van der Waals surface area (Å²) in [5, 5.41) is 3.41. The third-order valence-electron chi connectivity index (χ3n) is 3.02. The highest BCUT2D eigenvalue weighted by molar-refractivity contribution is 5.33. The van der Waals surface area contributed by atoms with Gasteiger partial charge < -0.3 is 10.1 Å². The molecule has 0 aliphatic carbocycles. The van der Waals surface area contributed by atoms with E-state index in [-0.39, 0.29) is 0 Å². The standard InChI is InChI=1S/C14H21NO/c1-11-8-12(2)10-14(9-11)16-13-4-3-6-15-7-5-13/h8-10,13,15H,3-7H2,1-2H3. The summed E-state index contributed by atoms with van der Waals surface area (Å²) in [4.78, 5) is 0. The van der Waals surface area contributed by atoms with Crippen molar-refractivity contribution in [3.8, 4) is 5.75 Å². The Bertz CT molecular complexity index is 320. The highest BCUT2D eigenvalue weighted by Crippen LogP contribution is 2.20. The molecular weight excluding hydrogens is 198 g/mol. The zero-order chi connectivity index (χ0) is 11.4. The van der Waals surface area contributed by atoms with Crippen molar-refractivity contribution in [2.45, 2.75) is 39.2 Å². The lowest BCUT2D eigenvalue weighted by molar-refractivity contribution is 0.187. The van der Waals surface area contributed by atoms with Crippen molar-refractivity contribution in [2.24, 2.45) is 0 Å². The predicted molar refractivity (Wildman–Crippen MR) is 67.1 cm³/mol. The molecule has 2 heteroatoms. The lowest BCUT2D eigenvalue weighted by atomic mass is 10.1. The summed E-state index contributed by atoms with van der Waals surface area (Å²) >= 11 is 0. The van der Waals surface area contributed by atoms with Crippen molar-refractivity contribution in [1.82, 2.24) is 5.32 Å². The normalized spacial score (nSPS) is 21.5. The van der Waals surface area contributed by atoms with Gasteiger partial charge in [-0.05, 0) is 69.5 Å². The van der Waals surface area contributed by atoms with E-state index in [1.54, 1.807) is 0 Å². The van der Waals surface area contributed by atoms with Gasteiger partial charge in [-0.1, -0.05) is 6.07 Å². The van der Waals surface area contributed by atoms with Crippen LogP contribution in [0, 0.1) is 13.8 Å². The largest absolute Gasteiger partial charge is 0.490 e. The first-order chi connectivity index (χ1) is 7.74. The minimum absolute atomic E-state index is 0.385. The van der Waals surface area contributed by atoms with Crippen LogP contribution in [0.2, 0.25) is 0 Å². The first kappa shape index (κ1) is 11.5. The third-order valence-corrected chi connectivity index (χ3v) is 3.02. The zero-order valence-corrected chi connectivity index (χ0v) is 10.3. The molecule has 16 heavy (non-hydrogen) atoms. The fourth-order valence-corrected chi connectivity index (χ4v) is 2.30. The topological polar surface area (TPSA) is 21.3 Å². The van der Waals surface area contributed by atoms with E-state index in [1.807, 2.05) is 0 Å². The fraction of sp³-hybridized carbons (Fsp3) is 0.571. The van der Waals surface area contributed by atoms with Crippen molar-refractivity contribution in [3.05, 3.63) is 29.3 Å². The predicted octanol–water partition coefficient (Wildman–Crippen LogP) is 2.82. The lowest BCUT2D eigenvalue weighted by Gasteiger charge is -2.17. The SMILES string of the molecule is Cc1cc(C)cc(OC2CCCNCC2)c1. The van der Waals surface area contributed by atoms with E-state index in [1.165, 1.54) is 24.0 Å². The maximum absolute atomic E-state index is 6.06. The summed E-state index contributed by atoms with van der Waals surface area (Å²) in [6, 6.07) is 6.44. The van der Waals surface area contributed by atoms with Crippen LogP contribution in [0.15, 0.2) is 18.2 Å². The molecular formula is C14H21NO. The van der Waals surface area contributed by atoms with Crippen LogP contribution < -0.4 is 10.1 Å². The first-order valence-electron chi connectivity index (χ1n) is 6.20. The van der Waals surface area contributed by atoms with Crippen LogP contribution >= 0.6 is 0 Å². The van der Waals surface area contributed by atoms with Gasteiger partial charge in [0.1, 0.15) is 5.75 Å². The van der Waals surface area contributed by atoms with E-state index < -0.39 is 0 Å². The molecule has 2 nitrogen and oxygen atoms in total. The van der Waals surface area contributed by atoms with Crippen LogP contribution in [0.3, 0.4) is 0 Å². The molecule has 88 valence electrons. The van der Waals surface area contributed by atoms with Crippen molar-refractivity contribution in [1.29, 1.82) is 0 Å². The van der Waals surface area contributed by atoms with Gasteiger partial charge in [0.2, 0.25) is 0 Å². The molecule has 1 atom stereocenters. The van der Waals surface area contributed by atoms with Gasteiger partial charge in [0.25, 0.3) is 0 Å². The lowest BCUT2D eigenvalue weighted by Crippen LogP contribution is -2.19. The average molecular weight is 219 g/mol. The van der Waals surface area contributed by atoms with Crippen molar-refractivity contribution >= 4 is 0 Å². The van der Waals surface area contributed by atoms with Gasteiger partial charge in [-0.3, -0.25) is 0 Å². The number of rotatable bonds is 2. The second-order valence-electron chi connectivity index (χ2n) is 4.74. The van der Waals surface area contributed by atoms with Crippen LogP contribution in [-0.2, 0) is 0 Å². The maximum atomic E-state index is 6.06. The highest BCUT2D eigenvalue weighted by Gasteiger charge is 2.13. The van der Waals surface area contributed by atoms with E-state index in [2.05, 4.69) is 37.4 Å². The second kappa shape index (κ2) is 5.35. The van der Waals surface area contributed by atoms with E-state index in [9.17, 15) is 0 Å². The number of aryl methyl sites for hydroxylation is 2. The molecule has 0 bridgehead atoms. The Morgan fingerprint density at radius 1 is 1.06 bits per heavy atom. The average Bonchev–Trinajstić information content (AvgIpc) is 2.44. The van der Waals surface area contributed by atoms with Gasteiger partial charge in [-0.15, -0.1) is 0 Å². The van der Waals surface area contributed by atoms with Gasteiger partial charge in [0, 0.05) is 0 Å². The summed E-state index contributed by atoms with van der Waals surface area (Å²) in [5.41, 5.74) is 2.56. The number of nitrogens with one attached hydrogen (secondary N) is 1. The molecule has 1 aliphatic rings. The highest BCUT2D eigenvalue weighted by atomic mass is 16.5. The number of hydrogen-bond donors (Lipinski definition) is 1. The van der Waals surface area contributed by atoms with Gasteiger partial charge in [-0.25, -0.2) is 0 Å². The summed E-state index contributed by atoms with van der Waals surface area (Å²) < 4.78 is 6.06. The molecule has 0 amide bonds. The van der Waals surface area contributed by atoms with E-state index in [0.29, 0.717) is 6.10 Å². The van der Waals surface area contributed by atoms with E-state index in [0.717, 1.165) is 25.3 Å². The molecule has 0 spiro atoms. The quantitative estimate of drug-likeness (QED) is 0.826. The number of hydrogen-bond acceptors (Lipinski definition) is 2. The molecule has 1 unspecified atom stereocenters. The first-order valence-corrected chi connectivity index (χ1v) is 6.20. The van der Waals surface area contributed by atoms with Crippen LogP contribution in [0.1, 0.15) is 30.4 Å². The Morgan fingerprint density at radius 3 is 2.56 bits per heavy atom. The Balaban J connectivity index is 2.01. The Morgan fingerprint density at radius 2 is 1.81 bits per heavy atom. The van der Waals surface area contributed by atoms with Gasteiger partial charge in [-0.2, -0.15) is 0 Å². The van der Waals surface area contributed by atoms with E-state index in [4.69, 9.17) is 4.74 Å². The van der Waals surface area contributed by atoms with Gasteiger partial charge >= 0.3 is 0 Å². The van der Waals surface area contributed by atoms with Crippen LogP contribution in [-0.4, -0.2) is 19.2 Å². The Hall–Kier alpha value is -1.02. The van der Waals surface area contributed by atoms with E-state index >= 15 is 0 Å². The minimum atomic E-state index is 0.385. The third kappa shape index (κ3) is 3.24. The summed E-state index contributed by atoms with van der Waals surface area (Å²) in [6.45, 7) is 6.45. The second-order valence-corrected chi connectivity index (χ2v) is 4.74. The molecule has 1 heterocycles. The molecule has 1 aromatic rings. The van der Waals surface area contributed by atoms with Crippen molar-refractivity contribution < 1.29 is 4.74 Å². The molecule has 0 aromatic heterocycles. The molecule has 1 saturated heterocycles. The van der Waals surface area contributed by atoms with Gasteiger partial charge in [0.15, 0.2) is 0 Å². The molecule has 2 rings (SSSR count). The number of benzene rings is 1. The van der Waals surface area contributed by atoms with Crippen LogP contribution in [0.25, 0.3) is 0 Å². The smallest absolute Gasteiger partial charge is 0.120 e. The van der Waals surface area contributed by atoms with Crippen LogP contribution in [0.4, 0.5) is 0 Å². The summed E-state index contributed by atoms with van der Waals surface area (Å²) in [6.07, 6.45) is 3.89. The molecule has 1 aromatic carbocycles. The minimum Gasteiger partial charge on any atom is -0.490 e. The molecule has 0 radical (unpaired) electrons. The molecule has 0 saturated carbocycles. The monoisotopic (exact) mass is 219 g/mol. The van der Waals surface area contributed by atoms with Crippen LogP contribution in [0.5, 0.6) is 5.75 Å². The Labute approximate surface area is 98.0 Å². The number of ether oxygens (including phenoxy) is 1. The fourth-order valence-electron chi connectivity index (χ4n) is 2.30.